The number of aryl methyl sites for hydroxylation is 1. The normalized spacial score (nSPS) is 16.1. The number of carbonyl (C=O) groups excluding carboxylic acids is 1. The first kappa shape index (κ1) is 24.0. The van der Waals surface area contributed by atoms with Gasteiger partial charge in [-0.05, 0) is 28.7 Å². The summed E-state index contributed by atoms with van der Waals surface area (Å²) in [5, 5.41) is 3.06. The summed E-state index contributed by atoms with van der Waals surface area (Å²) in [5.41, 5.74) is 11.9. The third-order valence-electron chi connectivity index (χ3n) is 6.70. The Hall–Kier alpha value is -3.15. The van der Waals surface area contributed by atoms with Gasteiger partial charge < -0.3 is 16.0 Å². The molecule has 1 saturated heterocycles. The molecule has 0 bridgehead atoms. The highest BCUT2D eigenvalue weighted by atomic mass is 16.2. The first-order chi connectivity index (χ1) is 16.7. The molecule has 2 unspecified atom stereocenters. The van der Waals surface area contributed by atoms with E-state index in [0.717, 1.165) is 37.1 Å². The molecule has 2 atom stereocenters. The largest absolute Gasteiger partial charge is 0.334 e. The summed E-state index contributed by atoms with van der Waals surface area (Å²) in [6, 6.07) is 29.0. The predicted molar refractivity (Wildman–Crippen MR) is 138 cm³/mol. The van der Waals surface area contributed by atoms with Crippen LogP contribution in [0.1, 0.15) is 47.7 Å². The lowest BCUT2D eigenvalue weighted by Gasteiger charge is -2.42. The number of piperazine rings is 1. The molecule has 3 aromatic carbocycles. The molecule has 5 nitrogen and oxygen atoms in total. The fourth-order valence-corrected chi connectivity index (χ4v) is 4.88. The van der Waals surface area contributed by atoms with Crippen molar-refractivity contribution in [2.45, 2.75) is 38.4 Å². The SMILES string of the molecule is CCCc1ccccc1C(C(N)c1ccccc1)N1CCN(C(=O)NCc2ccccc2)CC1. The number of rotatable bonds is 8. The van der Waals surface area contributed by atoms with Gasteiger partial charge in [-0.1, -0.05) is 98.3 Å². The van der Waals surface area contributed by atoms with E-state index in [1.54, 1.807) is 0 Å². The molecular weight excluding hydrogens is 420 g/mol. The maximum absolute atomic E-state index is 12.8. The van der Waals surface area contributed by atoms with Crippen molar-refractivity contribution in [3.8, 4) is 0 Å². The maximum atomic E-state index is 12.8. The number of nitrogens with two attached hydrogens (primary N) is 1. The van der Waals surface area contributed by atoms with E-state index in [0.29, 0.717) is 19.6 Å². The Morgan fingerprint density at radius 2 is 1.50 bits per heavy atom. The lowest BCUT2D eigenvalue weighted by atomic mass is 9.88. The van der Waals surface area contributed by atoms with Gasteiger partial charge in [0.05, 0.1) is 6.04 Å². The summed E-state index contributed by atoms with van der Waals surface area (Å²) in [6.07, 6.45) is 2.13. The zero-order valence-electron chi connectivity index (χ0n) is 20.1. The van der Waals surface area contributed by atoms with Crippen LogP contribution in [0.15, 0.2) is 84.9 Å². The zero-order chi connectivity index (χ0) is 23.8. The van der Waals surface area contributed by atoms with Crippen molar-refractivity contribution < 1.29 is 4.79 Å². The second-order valence-electron chi connectivity index (χ2n) is 9.00. The number of hydrogen-bond acceptors (Lipinski definition) is 3. The van der Waals surface area contributed by atoms with E-state index >= 15 is 0 Å². The van der Waals surface area contributed by atoms with Crippen molar-refractivity contribution in [3.63, 3.8) is 0 Å². The zero-order valence-corrected chi connectivity index (χ0v) is 20.1. The monoisotopic (exact) mass is 456 g/mol. The molecule has 4 rings (SSSR count). The lowest BCUT2D eigenvalue weighted by Crippen LogP contribution is -2.53. The van der Waals surface area contributed by atoms with Gasteiger partial charge in [-0.3, -0.25) is 4.90 Å². The molecule has 0 aliphatic carbocycles. The summed E-state index contributed by atoms with van der Waals surface area (Å²) in [7, 11) is 0. The summed E-state index contributed by atoms with van der Waals surface area (Å²) in [6.45, 7) is 5.74. The fourth-order valence-electron chi connectivity index (χ4n) is 4.88. The third kappa shape index (κ3) is 5.85. The van der Waals surface area contributed by atoms with Crippen LogP contribution in [0, 0.1) is 0 Å². The van der Waals surface area contributed by atoms with Gasteiger partial charge in [0.15, 0.2) is 0 Å². The van der Waals surface area contributed by atoms with Crippen LogP contribution >= 0.6 is 0 Å². The number of nitrogens with one attached hydrogen (secondary N) is 1. The van der Waals surface area contributed by atoms with Crippen molar-refractivity contribution in [1.29, 1.82) is 0 Å². The van der Waals surface area contributed by atoms with Gasteiger partial charge in [0, 0.05) is 38.8 Å². The van der Waals surface area contributed by atoms with Crippen LogP contribution in [0.25, 0.3) is 0 Å². The van der Waals surface area contributed by atoms with Crippen LogP contribution in [-0.2, 0) is 13.0 Å². The molecule has 0 spiro atoms. The summed E-state index contributed by atoms with van der Waals surface area (Å²) in [5.74, 6) is 0. The van der Waals surface area contributed by atoms with Crippen molar-refractivity contribution in [2.75, 3.05) is 26.2 Å². The molecular formula is C29H36N4O. The minimum absolute atomic E-state index is 0.00112. The fraction of sp³-hybridized carbons (Fsp3) is 0.345. The molecule has 3 aromatic rings. The molecule has 178 valence electrons. The Kier molecular flexibility index (Phi) is 8.34. The standard InChI is InChI=1S/C29H36N4O/c1-2-11-24-14-9-10-17-26(24)28(27(30)25-15-7-4-8-16-25)32-18-20-33(21-19-32)29(34)31-22-23-12-5-3-6-13-23/h3-10,12-17,27-28H,2,11,18-22,30H2,1H3,(H,31,34). The number of carbonyl (C=O) groups is 1. The number of nitrogens with zero attached hydrogens (tertiary/aromatic N) is 2. The first-order valence-electron chi connectivity index (χ1n) is 12.4. The number of hydrogen-bond donors (Lipinski definition) is 2. The van der Waals surface area contributed by atoms with E-state index in [4.69, 9.17) is 5.73 Å². The summed E-state index contributed by atoms with van der Waals surface area (Å²) >= 11 is 0. The highest BCUT2D eigenvalue weighted by Crippen LogP contribution is 2.35. The number of benzene rings is 3. The molecule has 1 aliphatic heterocycles. The van der Waals surface area contributed by atoms with E-state index in [2.05, 4.69) is 65.7 Å². The highest BCUT2D eigenvalue weighted by Gasteiger charge is 2.32. The average molecular weight is 457 g/mol. The minimum atomic E-state index is -0.141. The smallest absolute Gasteiger partial charge is 0.317 e. The Bertz CT molecular complexity index is 1030. The quantitative estimate of drug-likeness (QED) is 0.506. The summed E-state index contributed by atoms with van der Waals surface area (Å²) in [4.78, 5) is 17.2. The van der Waals surface area contributed by atoms with Gasteiger partial charge in [0.1, 0.15) is 0 Å². The second-order valence-corrected chi connectivity index (χ2v) is 9.00. The van der Waals surface area contributed by atoms with Crippen LogP contribution in [0.5, 0.6) is 0 Å². The highest BCUT2D eigenvalue weighted by molar-refractivity contribution is 5.74. The molecule has 34 heavy (non-hydrogen) atoms. The van der Waals surface area contributed by atoms with Crippen molar-refractivity contribution in [2.24, 2.45) is 5.73 Å². The van der Waals surface area contributed by atoms with E-state index in [-0.39, 0.29) is 18.1 Å². The Balaban J connectivity index is 1.48. The number of urea groups is 1. The Morgan fingerprint density at radius 3 is 2.18 bits per heavy atom. The molecule has 1 fully saturated rings. The van der Waals surface area contributed by atoms with Crippen LogP contribution in [-0.4, -0.2) is 42.0 Å². The van der Waals surface area contributed by atoms with Crippen LogP contribution in [0.2, 0.25) is 0 Å². The molecule has 0 saturated carbocycles. The van der Waals surface area contributed by atoms with Gasteiger partial charge in [0.2, 0.25) is 0 Å². The Morgan fingerprint density at radius 1 is 0.882 bits per heavy atom. The Labute approximate surface area is 203 Å². The van der Waals surface area contributed by atoms with Crippen LogP contribution < -0.4 is 11.1 Å². The molecule has 1 aliphatic rings. The minimum Gasteiger partial charge on any atom is -0.334 e. The topological polar surface area (TPSA) is 61.6 Å². The molecule has 0 radical (unpaired) electrons. The van der Waals surface area contributed by atoms with E-state index in [1.807, 2.05) is 41.3 Å². The first-order valence-corrected chi connectivity index (χ1v) is 12.4. The third-order valence-corrected chi connectivity index (χ3v) is 6.70. The maximum Gasteiger partial charge on any atom is 0.317 e. The van der Waals surface area contributed by atoms with E-state index < -0.39 is 0 Å². The van der Waals surface area contributed by atoms with Gasteiger partial charge >= 0.3 is 6.03 Å². The van der Waals surface area contributed by atoms with Crippen molar-refractivity contribution in [3.05, 3.63) is 107 Å². The van der Waals surface area contributed by atoms with Gasteiger partial charge in [-0.15, -0.1) is 0 Å². The van der Waals surface area contributed by atoms with Crippen molar-refractivity contribution in [1.82, 2.24) is 15.1 Å². The van der Waals surface area contributed by atoms with Gasteiger partial charge in [-0.25, -0.2) is 4.79 Å². The molecule has 2 amide bonds. The van der Waals surface area contributed by atoms with Gasteiger partial charge in [-0.2, -0.15) is 0 Å². The van der Waals surface area contributed by atoms with Crippen LogP contribution in [0.3, 0.4) is 0 Å². The van der Waals surface area contributed by atoms with Crippen LogP contribution in [0.4, 0.5) is 4.79 Å². The van der Waals surface area contributed by atoms with E-state index in [1.165, 1.54) is 11.1 Å². The number of amides is 2. The van der Waals surface area contributed by atoms with Gasteiger partial charge in [0.25, 0.3) is 0 Å². The molecule has 3 N–H and O–H groups in total. The van der Waals surface area contributed by atoms with E-state index in [9.17, 15) is 4.79 Å². The van der Waals surface area contributed by atoms with Crippen molar-refractivity contribution >= 4 is 6.03 Å². The molecule has 1 heterocycles. The summed E-state index contributed by atoms with van der Waals surface area (Å²) < 4.78 is 0. The molecule has 0 aromatic heterocycles. The molecule has 5 heteroatoms. The second kappa shape index (κ2) is 11.8. The predicted octanol–water partition coefficient (Wildman–Crippen LogP) is 4.91. The lowest BCUT2D eigenvalue weighted by molar-refractivity contribution is 0.0957. The average Bonchev–Trinajstić information content (AvgIpc) is 2.90.